The van der Waals surface area contributed by atoms with Crippen molar-refractivity contribution in [3.63, 3.8) is 0 Å². The van der Waals surface area contributed by atoms with E-state index in [0.29, 0.717) is 24.1 Å². The molecule has 0 spiro atoms. The van der Waals surface area contributed by atoms with Crippen molar-refractivity contribution in [2.45, 2.75) is 155 Å². The van der Waals surface area contributed by atoms with Gasteiger partial charge in [-0.2, -0.15) is 0 Å². The van der Waals surface area contributed by atoms with Gasteiger partial charge in [0.05, 0.1) is 34.4 Å². The van der Waals surface area contributed by atoms with Crippen molar-refractivity contribution < 1.29 is 37.3 Å². The lowest BCUT2D eigenvalue weighted by Crippen LogP contribution is -2.37. The van der Waals surface area contributed by atoms with Crippen molar-refractivity contribution in [1.82, 2.24) is 0 Å². The third-order valence-corrected chi connectivity index (χ3v) is 9.11. The summed E-state index contributed by atoms with van der Waals surface area (Å²) in [6.07, 6.45) is 39.8. The molecule has 0 radical (unpaired) electrons. The Morgan fingerprint density at radius 3 is 1.70 bits per heavy atom. The number of hydrogen-bond acceptors (Lipinski definition) is 7. The van der Waals surface area contributed by atoms with E-state index in [0.717, 1.165) is 51.4 Å². The second kappa shape index (κ2) is 34.5. The van der Waals surface area contributed by atoms with Crippen molar-refractivity contribution in [3.05, 3.63) is 48.6 Å². The summed E-state index contributed by atoms with van der Waals surface area (Å²) in [5.74, 6) is -0.375. The minimum atomic E-state index is -4.53. The number of rotatable bonds is 36. The number of esters is 1. The maximum atomic E-state index is 12.6. The van der Waals surface area contributed by atoms with Crippen LogP contribution in [0.4, 0.5) is 0 Å². The van der Waals surface area contributed by atoms with Gasteiger partial charge in [-0.05, 0) is 51.4 Å². The number of allylic oxidation sites excluding steroid dienone is 8. The molecule has 0 saturated carbocycles. The third kappa shape index (κ3) is 37.7. The second-order valence-electron chi connectivity index (χ2n) is 14.3. The topological polar surface area (TPSA) is 94.1 Å². The van der Waals surface area contributed by atoms with Crippen LogP contribution in [0.2, 0.25) is 0 Å². The number of hydrogen-bond donors (Lipinski definition) is 0. The zero-order valence-electron chi connectivity index (χ0n) is 32.8. The lowest BCUT2D eigenvalue weighted by atomic mass is 10.0. The van der Waals surface area contributed by atoms with Crippen LogP contribution in [0, 0.1) is 0 Å². The van der Waals surface area contributed by atoms with Gasteiger partial charge in [0.2, 0.25) is 0 Å². The molecule has 8 nitrogen and oxygen atoms in total. The molecule has 0 fully saturated rings. The van der Waals surface area contributed by atoms with E-state index >= 15 is 0 Å². The van der Waals surface area contributed by atoms with Gasteiger partial charge >= 0.3 is 5.97 Å². The maximum Gasteiger partial charge on any atom is 0.306 e. The number of carbonyl (C=O) groups excluding carboxylic acids is 1. The van der Waals surface area contributed by atoms with Crippen LogP contribution in [0.3, 0.4) is 0 Å². The second-order valence-corrected chi connectivity index (χ2v) is 15.7. The van der Waals surface area contributed by atoms with Crippen molar-refractivity contribution in [1.29, 1.82) is 0 Å². The number of phosphoric acid groups is 1. The zero-order chi connectivity index (χ0) is 37.0. The predicted molar refractivity (Wildman–Crippen MR) is 208 cm³/mol. The number of quaternary nitrogens is 1. The fourth-order valence-corrected chi connectivity index (χ4v) is 5.79. The van der Waals surface area contributed by atoms with Crippen LogP contribution in [0.25, 0.3) is 0 Å². The van der Waals surface area contributed by atoms with Gasteiger partial charge in [0, 0.05) is 13.0 Å². The Bertz CT molecular complexity index is 942. The number of unbranched alkanes of at least 4 members (excludes halogenated alkanes) is 14. The van der Waals surface area contributed by atoms with E-state index in [9.17, 15) is 14.3 Å². The minimum absolute atomic E-state index is 0.0174. The van der Waals surface area contributed by atoms with Crippen LogP contribution < -0.4 is 4.89 Å². The summed E-state index contributed by atoms with van der Waals surface area (Å²) in [5.41, 5.74) is 0. The van der Waals surface area contributed by atoms with Crippen molar-refractivity contribution in [3.8, 4) is 0 Å². The Morgan fingerprint density at radius 2 is 1.16 bits per heavy atom. The Kier molecular flexibility index (Phi) is 33.5. The maximum absolute atomic E-state index is 12.6. The quantitative estimate of drug-likeness (QED) is 0.0209. The zero-order valence-corrected chi connectivity index (χ0v) is 33.7. The molecule has 0 bridgehead atoms. The molecule has 292 valence electrons. The molecule has 0 aromatic rings. The van der Waals surface area contributed by atoms with Gasteiger partial charge in [-0.25, -0.2) is 0 Å². The number of ether oxygens (including phenoxy) is 2. The van der Waals surface area contributed by atoms with Crippen molar-refractivity contribution >= 4 is 13.8 Å². The molecule has 0 aromatic heterocycles. The van der Waals surface area contributed by atoms with E-state index < -0.39 is 13.9 Å². The highest BCUT2D eigenvalue weighted by Gasteiger charge is 2.20. The van der Waals surface area contributed by atoms with Crippen LogP contribution in [0.15, 0.2) is 48.6 Å². The van der Waals surface area contributed by atoms with Crippen LogP contribution in [-0.2, 0) is 27.9 Å². The van der Waals surface area contributed by atoms with Crippen molar-refractivity contribution in [2.75, 3.05) is 54.1 Å². The first-order chi connectivity index (χ1) is 24.1. The molecule has 9 heteroatoms. The average Bonchev–Trinajstić information content (AvgIpc) is 3.06. The largest absolute Gasteiger partial charge is 0.756 e. The summed E-state index contributed by atoms with van der Waals surface area (Å²) in [7, 11) is 1.32. The van der Waals surface area contributed by atoms with Crippen LogP contribution in [0.1, 0.15) is 149 Å². The summed E-state index contributed by atoms with van der Waals surface area (Å²) in [6, 6.07) is 0. The molecular formula is C41H76NO7P. The molecule has 50 heavy (non-hydrogen) atoms. The van der Waals surface area contributed by atoms with Crippen LogP contribution >= 0.6 is 7.82 Å². The first-order valence-corrected chi connectivity index (χ1v) is 21.3. The summed E-state index contributed by atoms with van der Waals surface area (Å²) < 4.78 is 34.4. The fourth-order valence-electron chi connectivity index (χ4n) is 5.06. The molecule has 0 aromatic carbocycles. The van der Waals surface area contributed by atoms with E-state index in [-0.39, 0.29) is 32.2 Å². The Hall–Kier alpha value is -1.54. The lowest BCUT2D eigenvalue weighted by Gasteiger charge is -2.28. The van der Waals surface area contributed by atoms with E-state index in [1.54, 1.807) is 0 Å². The molecule has 0 amide bonds. The van der Waals surface area contributed by atoms with Gasteiger partial charge in [0.1, 0.15) is 19.3 Å². The highest BCUT2D eigenvalue weighted by Crippen LogP contribution is 2.38. The standard InChI is InChI=1S/C41H76NO7P/c1-6-8-10-12-14-16-18-20-21-22-24-26-28-30-32-34-41(43)49-40(39-48-50(44,45)47-37-35-42(3,4)5)38-46-36-33-31-29-27-25-23-19-17-15-13-11-9-7-2/h8,10,14,16,20-21,24,26,40H,6-7,9,11-13,15,17-19,22-23,25,27-39H2,1-5H3/b10-8-,16-14-,21-20-,26-24-. The summed E-state index contributed by atoms with van der Waals surface area (Å²) in [4.78, 5) is 24.9. The normalized spacial score (nSPS) is 14.4. The lowest BCUT2D eigenvalue weighted by molar-refractivity contribution is -0.870. The number of phosphoric ester groups is 1. The molecule has 0 aliphatic rings. The van der Waals surface area contributed by atoms with E-state index in [2.05, 4.69) is 62.5 Å². The molecule has 2 atom stereocenters. The first kappa shape index (κ1) is 48.5. The number of likely N-dealkylation sites (N-methyl/N-ethyl adjacent to an activating group) is 1. The predicted octanol–water partition coefficient (Wildman–Crippen LogP) is 10.6. The van der Waals surface area contributed by atoms with Crippen LogP contribution in [-0.4, -0.2) is 70.7 Å². The summed E-state index contributed by atoms with van der Waals surface area (Å²) in [5, 5.41) is 0. The monoisotopic (exact) mass is 726 g/mol. The summed E-state index contributed by atoms with van der Waals surface area (Å²) >= 11 is 0. The minimum Gasteiger partial charge on any atom is -0.756 e. The van der Waals surface area contributed by atoms with Gasteiger partial charge in [0.25, 0.3) is 7.82 Å². The van der Waals surface area contributed by atoms with E-state index in [4.69, 9.17) is 18.5 Å². The van der Waals surface area contributed by atoms with Crippen molar-refractivity contribution in [2.24, 2.45) is 0 Å². The molecule has 0 rings (SSSR count). The fraction of sp³-hybridized carbons (Fsp3) is 0.780. The molecule has 0 aliphatic carbocycles. The number of nitrogens with zero attached hydrogens (tertiary/aromatic N) is 1. The molecule has 0 heterocycles. The smallest absolute Gasteiger partial charge is 0.306 e. The Labute approximate surface area is 308 Å². The number of carbonyl (C=O) groups is 1. The van der Waals surface area contributed by atoms with Gasteiger partial charge in [-0.3, -0.25) is 9.36 Å². The van der Waals surface area contributed by atoms with Gasteiger partial charge in [-0.1, -0.05) is 140 Å². The molecule has 0 N–H and O–H groups in total. The molecule has 2 unspecified atom stereocenters. The van der Waals surface area contributed by atoms with Gasteiger partial charge < -0.3 is 27.9 Å². The SMILES string of the molecule is CC/C=C\C/C=C\C/C=C\C/C=C\CCCCC(=O)OC(COCCCCCCCCCCCCCCC)COP(=O)([O-])OCC[N+](C)(C)C. The Morgan fingerprint density at radius 1 is 0.640 bits per heavy atom. The highest BCUT2D eigenvalue weighted by molar-refractivity contribution is 7.45. The van der Waals surface area contributed by atoms with Crippen LogP contribution in [0.5, 0.6) is 0 Å². The Balaban J connectivity index is 4.37. The molecular weight excluding hydrogens is 649 g/mol. The average molecular weight is 726 g/mol. The molecule has 0 saturated heterocycles. The van der Waals surface area contributed by atoms with Gasteiger partial charge in [-0.15, -0.1) is 0 Å². The highest BCUT2D eigenvalue weighted by atomic mass is 31.2. The third-order valence-electron chi connectivity index (χ3n) is 8.14. The first-order valence-electron chi connectivity index (χ1n) is 19.9. The van der Waals surface area contributed by atoms with E-state index in [1.165, 1.54) is 70.6 Å². The van der Waals surface area contributed by atoms with E-state index in [1.807, 2.05) is 21.1 Å². The molecule has 0 aliphatic heterocycles. The summed E-state index contributed by atoms with van der Waals surface area (Å²) in [6.45, 7) is 5.23. The van der Waals surface area contributed by atoms with Gasteiger partial charge in [0.15, 0.2) is 0 Å².